The normalized spacial score (nSPS) is 15.7. The number of hydrogen-bond acceptors (Lipinski definition) is 5. The molecule has 0 radical (unpaired) electrons. The van der Waals surface area contributed by atoms with E-state index >= 15 is 0 Å². The quantitative estimate of drug-likeness (QED) is 0.498. The minimum Gasteiger partial charge on any atom is -0.339 e. The number of aromatic nitrogens is 6. The molecule has 0 unspecified atom stereocenters. The van der Waals surface area contributed by atoms with Crippen LogP contribution in [0.3, 0.4) is 0 Å². The van der Waals surface area contributed by atoms with Crippen molar-refractivity contribution in [2.45, 2.75) is 19.8 Å². The molecule has 0 bridgehead atoms. The maximum absolute atomic E-state index is 6.14. The first kappa shape index (κ1) is 17.9. The maximum Gasteiger partial charge on any atom is 0.142 e. The fraction of sp³-hybridized carbons (Fsp3) is 0.238. The van der Waals surface area contributed by atoms with Gasteiger partial charge in [-0.15, -0.1) is 15.3 Å². The smallest absolute Gasteiger partial charge is 0.142 e. The fourth-order valence-corrected chi connectivity index (χ4v) is 4.01. The molecule has 5 rings (SSSR count). The van der Waals surface area contributed by atoms with E-state index in [0.29, 0.717) is 0 Å². The van der Waals surface area contributed by atoms with Crippen molar-refractivity contribution in [3.63, 3.8) is 0 Å². The summed E-state index contributed by atoms with van der Waals surface area (Å²) in [6.45, 7) is 4.94. The van der Waals surface area contributed by atoms with Gasteiger partial charge in [-0.25, -0.2) is 0 Å². The molecular formula is C21H20ClN7. The molecule has 29 heavy (non-hydrogen) atoms. The molecule has 0 amide bonds. The molecule has 0 saturated heterocycles. The monoisotopic (exact) mass is 405 g/mol. The van der Waals surface area contributed by atoms with Crippen LogP contribution >= 0.6 is 11.6 Å². The predicted octanol–water partition coefficient (Wildman–Crippen LogP) is 4.28. The maximum atomic E-state index is 6.14. The summed E-state index contributed by atoms with van der Waals surface area (Å²) in [6, 6.07) is 14.3. The van der Waals surface area contributed by atoms with Gasteiger partial charge in [0.15, 0.2) is 0 Å². The van der Waals surface area contributed by atoms with Gasteiger partial charge in [0.1, 0.15) is 17.3 Å². The number of aryl methyl sites for hydroxylation is 2. The second kappa shape index (κ2) is 6.70. The van der Waals surface area contributed by atoms with Crippen LogP contribution in [-0.2, 0) is 7.05 Å². The highest BCUT2D eigenvalue weighted by Gasteiger charge is 2.28. The number of benzene rings is 2. The van der Waals surface area contributed by atoms with Crippen LogP contribution in [0.5, 0.6) is 0 Å². The highest BCUT2D eigenvalue weighted by atomic mass is 35.5. The Hall–Kier alpha value is -3.19. The molecule has 0 aliphatic carbocycles. The van der Waals surface area contributed by atoms with Crippen molar-refractivity contribution in [1.82, 2.24) is 29.8 Å². The van der Waals surface area contributed by atoms with Crippen LogP contribution in [0.15, 0.2) is 48.7 Å². The Bertz CT molecular complexity index is 1190. The summed E-state index contributed by atoms with van der Waals surface area (Å²) in [5.41, 5.74) is 5.05. The van der Waals surface area contributed by atoms with Gasteiger partial charge >= 0.3 is 0 Å². The van der Waals surface area contributed by atoms with Crippen LogP contribution in [0, 0.1) is 6.92 Å². The van der Waals surface area contributed by atoms with E-state index < -0.39 is 0 Å². The molecule has 2 aromatic carbocycles. The molecule has 4 aromatic rings. The van der Waals surface area contributed by atoms with Crippen molar-refractivity contribution in [2.24, 2.45) is 7.05 Å². The van der Waals surface area contributed by atoms with Gasteiger partial charge in [-0.05, 0) is 43.3 Å². The lowest BCUT2D eigenvalue weighted by molar-refractivity contribution is 0.696. The highest BCUT2D eigenvalue weighted by molar-refractivity contribution is 6.30. The number of hydrogen-bond donors (Lipinski definition) is 0. The summed E-state index contributed by atoms with van der Waals surface area (Å²) < 4.78 is 3.86. The third-order valence-corrected chi connectivity index (χ3v) is 5.54. The van der Waals surface area contributed by atoms with Crippen molar-refractivity contribution in [2.75, 3.05) is 11.4 Å². The molecule has 3 heterocycles. The summed E-state index contributed by atoms with van der Waals surface area (Å²) in [5, 5.41) is 17.9. The van der Waals surface area contributed by atoms with E-state index in [4.69, 9.17) is 11.6 Å². The lowest BCUT2D eigenvalue weighted by Gasteiger charge is -2.27. The van der Waals surface area contributed by atoms with E-state index in [-0.39, 0.29) is 5.92 Å². The molecule has 0 saturated carbocycles. The lowest BCUT2D eigenvalue weighted by atomic mass is 10.1. The second-order valence-electron chi connectivity index (χ2n) is 7.41. The van der Waals surface area contributed by atoms with Crippen LogP contribution < -0.4 is 4.90 Å². The zero-order chi connectivity index (χ0) is 20.1. The molecule has 0 N–H and O–H groups in total. The molecule has 1 aliphatic rings. The summed E-state index contributed by atoms with van der Waals surface area (Å²) in [6.07, 6.45) is 1.92. The van der Waals surface area contributed by atoms with Crippen molar-refractivity contribution in [3.8, 4) is 16.9 Å². The Balaban J connectivity index is 1.74. The Morgan fingerprint density at radius 1 is 1.00 bits per heavy atom. The third-order valence-electron chi connectivity index (χ3n) is 5.29. The van der Waals surface area contributed by atoms with E-state index in [9.17, 15) is 0 Å². The number of anilines is 2. The Labute approximate surface area is 173 Å². The third kappa shape index (κ3) is 2.98. The highest BCUT2D eigenvalue weighted by Crippen LogP contribution is 2.40. The van der Waals surface area contributed by atoms with Gasteiger partial charge in [0.25, 0.3) is 0 Å². The van der Waals surface area contributed by atoms with Crippen LogP contribution in [0.2, 0.25) is 5.02 Å². The summed E-state index contributed by atoms with van der Waals surface area (Å²) in [4.78, 5) is 2.31. The predicted molar refractivity (Wildman–Crippen MR) is 113 cm³/mol. The molecule has 1 atom stereocenters. The largest absolute Gasteiger partial charge is 0.339 e. The van der Waals surface area contributed by atoms with Crippen LogP contribution in [0.25, 0.3) is 16.9 Å². The molecule has 1 aliphatic heterocycles. The Morgan fingerprint density at radius 2 is 1.79 bits per heavy atom. The minimum atomic E-state index is 0.194. The number of fused-ring (bicyclic) bond motifs is 3. The first-order valence-corrected chi connectivity index (χ1v) is 9.85. The van der Waals surface area contributed by atoms with Gasteiger partial charge in [-0.3, -0.25) is 9.25 Å². The standard InChI is InChI=1S/C21H20ClN7/c1-13-11-28(17-7-5-16(22)6-8-17)20-10-15(18-12-27(3)26-24-18)4-9-19(20)29-14(2)23-25-21(13)29/h4-10,12-13H,11H2,1-3H3/t13-/m1/s1. The number of nitrogens with zero attached hydrogens (tertiary/aromatic N) is 7. The molecule has 0 fully saturated rings. The molecule has 8 heteroatoms. The summed E-state index contributed by atoms with van der Waals surface area (Å²) >= 11 is 6.14. The number of halogens is 1. The average molecular weight is 406 g/mol. The van der Waals surface area contributed by atoms with E-state index in [1.807, 2.05) is 44.4 Å². The average Bonchev–Trinajstić information content (AvgIpc) is 3.29. The first-order valence-electron chi connectivity index (χ1n) is 9.47. The van der Waals surface area contributed by atoms with Gasteiger partial charge in [0, 0.05) is 35.8 Å². The molecule has 7 nitrogen and oxygen atoms in total. The van der Waals surface area contributed by atoms with Crippen LogP contribution in [0.4, 0.5) is 11.4 Å². The molecular weight excluding hydrogens is 386 g/mol. The fourth-order valence-electron chi connectivity index (χ4n) is 3.88. The summed E-state index contributed by atoms with van der Waals surface area (Å²) in [5.74, 6) is 2.03. The van der Waals surface area contributed by atoms with Gasteiger partial charge in [-0.1, -0.05) is 29.8 Å². The Kier molecular flexibility index (Phi) is 4.13. The topological polar surface area (TPSA) is 64.7 Å². The van der Waals surface area contributed by atoms with Gasteiger partial charge < -0.3 is 4.90 Å². The number of rotatable bonds is 2. The van der Waals surface area contributed by atoms with Crippen molar-refractivity contribution in [1.29, 1.82) is 0 Å². The van der Waals surface area contributed by atoms with Crippen molar-refractivity contribution in [3.05, 3.63) is 65.3 Å². The van der Waals surface area contributed by atoms with E-state index in [1.165, 1.54) is 0 Å². The van der Waals surface area contributed by atoms with Gasteiger partial charge in [0.05, 0.1) is 17.6 Å². The SMILES string of the molecule is Cc1nnc2n1-c1ccc(-c3cn(C)nn3)cc1N(c1ccc(Cl)cc1)C[C@H]2C. The lowest BCUT2D eigenvalue weighted by Crippen LogP contribution is -2.22. The zero-order valence-electron chi connectivity index (χ0n) is 16.4. The first-order chi connectivity index (χ1) is 14.0. The minimum absolute atomic E-state index is 0.194. The van der Waals surface area contributed by atoms with Crippen molar-refractivity contribution < 1.29 is 0 Å². The molecule has 2 aromatic heterocycles. The van der Waals surface area contributed by atoms with Gasteiger partial charge in [0.2, 0.25) is 0 Å². The Morgan fingerprint density at radius 3 is 2.52 bits per heavy atom. The molecule has 0 spiro atoms. The van der Waals surface area contributed by atoms with E-state index in [1.54, 1.807) is 4.68 Å². The zero-order valence-corrected chi connectivity index (χ0v) is 17.2. The van der Waals surface area contributed by atoms with E-state index in [2.05, 4.69) is 55.1 Å². The van der Waals surface area contributed by atoms with Crippen LogP contribution in [0.1, 0.15) is 24.5 Å². The van der Waals surface area contributed by atoms with Gasteiger partial charge in [-0.2, -0.15) is 0 Å². The van der Waals surface area contributed by atoms with Crippen LogP contribution in [-0.4, -0.2) is 36.3 Å². The second-order valence-corrected chi connectivity index (χ2v) is 7.85. The van der Waals surface area contributed by atoms with E-state index in [0.717, 1.165) is 51.5 Å². The molecule has 146 valence electrons. The van der Waals surface area contributed by atoms with Crippen molar-refractivity contribution >= 4 is 23.0 Å². The summed E-state index contributed by atoms with van der Waals surface area (Å²) in [7, 11) is 1.87.